The van der Waals surface area contributed by atoms with E-state index in [-0.39, 0.29) is 5.92 Å². The van der Waals surface area contributed by atoms with Gasteiger partial charge in [-0.2, -0.15) is 0 Å². The highest BCUT2D eigenvalue weighted by Crippen LogP contribution is 2.23. The van der Waals surface area contributed by atoms with Crippen molar-refractivity contribution < 1.29 is 14.3 Å². The molecule has 0 bridgehead atoms. The molecule has 1 fully saturated rings. The first-order chi connectivity index (χ1) is 6.84. The maximum atomic E-state index is 11.3. The zero-order valence-corrected chi connectivity index (χ0v) is 8.96. The van der Waals surface area contributed by atoms with Gasteiger partial charge in [0.1, 0.15) is 5.78 Å². The van der Waals surface area contributed by atoms with E-state index in [1.807, 2.05) is 6.92 Å². The van der Waals surface area contributed by atoms with Gasteiger partial charge in [0, 0.05) is 25.6 Å². The molecule has 3 nitrogen and oxygen atoms in total. The second kappa shape index (κ2) is 6.96. The second-order valence-corrected chi connectivity index (χ2v) is 3.65. The highest BCUT2D eigenvalue weighted by Gasteiger charge is 2.23. The van der Waals surface area contributed by atoms with Crippen molar-refractivity contribution in [1.29, 1.82) is 0 Å². The van der Waals surface area contributed by atoms with Gasteiger partial charge in [0.05, 0.1) is 13.2 Å². The van der Waals surface area contributed by atoms with Crippen LogP contribution in [0.4, 0.5) is 0 Å². The van der Waals surface area contributed by atoms with Crippen LogP contribution in [0.5, 0.6) is 0 Å². The summed E-state index contributed by atoms with van der Waals surface area (Å²) in [6, 6.07) is 0. The van der Waals surface area contributed by atoms with Crippen molar-refractivity contribution in [2.75, 3.05) is 26.4 Å². The summed E-state index contributed by atoms with van der Waals surface area (Å²) in [7, 11) is 0. The molecule has 0 spiro atoms. The number of carbonyl (C=O) groups is 1. The minimum atomic E-state index is 0.280. The van der Waals surface area contributed by atoms with E-state index < -0.39 is 0 Å². The lowest BCUT2D eigenvalue weighted by atomic mass is 10.0. The molecule has 0 aromatic rings. The Labute approximate surface area is 85.8 Å². The lowest BCUT2D eigenvalue weighted by Gasteiger charge is -2.08. The molecule has 82 valence electrons. The van der Waals surface area contributed by atoms with Gasteiger partial charge in [-0.3, -0.25) is 4.79 Å². The predicted octanol–water partition coefficient (Wildman–Crippen LogP) is 1.80. The van der Waals surface area contributed by atoms with Gasteiger partial charge in [-0.15, -0.1) is 0 Å². The van der Waals surface area contributed by atoms with E-state index in [1.165, 1.54) is 0 Å². The van der Waals surface area contributed by atoms with E-state index in [9.17, 15) is 4.79 Å². The van der Waals surface area contributed by atoms with Crippen molar-refractivity contribution in [1.82, 2.24) is 0 Å². The van der Waals surface area contributed by atoms with Crippen molar-refractivity contribution >= 4 is 5.78 Å². The standard InChI is InChI=1S/C11H20O3/c1-2-13-8-9-14-7-6-10-4-3-5-11(10)12/h10H,2-9H2,1H3. The largest absolute Gasteiger partial charge is 0.379 e. The molecule has 1 atom stereocenters. The summed E-state index contributed by atoms with van der Waals surface area (Å²) in [4.78, 5) is 11.3. The SMILES string of the molecule is CCOCCOCCC1CCCC1=O. The van der Waals surface area contributed by atoms with Crippen molar-refractivity contribution in [2.45, 2.75) is 32.6 Å². The summed E-state index contributed by atoms with van der Waals surface area (Å²) >= 11 is 0. The Bertz CT molecular complexity index is 168. The number of ketones is 1. The van der Waals surface area contributed by atoms with Crippen LogP contribution in [0.25, 0.3) is 0 Å². The number of ether oxygens (including phenoxy) is 2. The Kier molecular flexibility index (Phi) is 5.80. The van der Waals surface area contributed by atoms with Crippen molar-refractivity contribution in [2.24, 2.45) is 5.92 Å². The van der Waals surface area contributed by atoms with Crippen LogP contribution in [-0.2, 0) is 14.3 Å². The lowest BCUT2D eigenvalue weighted by molar-refractivity contribution is -0.121. The van der Waals surface area contributed by atoms with E-state index >= 15 is 0 Å². The molecule has 3 heteroatoms. The molecular formula is C11H20O3. The quantitative estimate of drug-likeness (QED) is 0.588. The van der Waals surface area contributed by atoms with Gasteiger partial charge in [-0.05, 0) is 26.2 Å². The van der Waals surface area contributed by atoms with Gasteiger partial charge in [0.2, 0.25) is 0 Å². The Morgan fingerprint density at radius 3 is 2.71 bits per heavy atom. The summed E-state index contributed by atoms with van der Waals surface area (Å²) < 4.78 is 10.5. The van der Waals surface area contributed by atoms with Crippen LogP contribution in [-0.4, -0.2) is 32.2 Å². The molecule has 1 aliphatic rings. The molecule has 0 saturated heterocycles. The highest BCUT2D eigenvalue weighted by molar-refractivity contribution is 5.82. The zero-order chi connectivity index (χ0) is 10.2. The number of carbonyl (C=O) groups excluding carboxylic acids is 1. The van der Waals surface area contributed by atoms with E-state index in [4.69, 9.17) is 9.47 Å². The monoisotopic (exact) mass is 200 g/mol. The molecule has 0 N–H and O–H groups in total. The first-order valence-electron chi connectivity index (χ1n) is 5.52. The first kappa shape index (κ1) is 11.7. The normalized spacial score (nSPS) is 21.8. The molecule has 0 aromatic heterocycles. The van der Waals surface area contributed by atoms with E-state index in [1.54, 1.807) is 0 Å². The van der Waals surface area contributed by atoms with E-state index in [2.05, 4.69) is 0 Å². The summed E-state index contributed by atoms with van der Waals surface area (Å²) in [5, 5.41) is 0. The van der Waals surface area contributed by atoms with E-state index in [0.717, 1.165) is 32.3 Å². The average molecular weight is 200 g/mol. The maximum Gasteiger partial charge on any atom is 0.136 e. The third kappa shape index (κ3) is 4.20. The van der Waals surface area contributed by atoms with Gasteiger partial charge in [0.25, 0.3) is 0 Å². The molecule has 0 aromatic carbocycles. The Hall–Kier alpha value is -0.410. The van der Waals surface area contributed by atoms with E-state index in [0.29, 0.717) is 25.6 Å². The van der Waals surface area contributed by atoms with Crippen LogP contribution in [0.2, 0.25) is 0 Å². The highest BCUT2D eigenvalue weighted by atomic mass is 16.5. The fourth-order valence-corrected chi connectivity index (χ4v) is 1.78. The molecular weight excluding hydrogens is 180 g/mol. The minimum absolute atomic E-state index is 0.280. The zero-order valence-electron chi connectivity index (χ0n) is 8.96. The first-order valence-corrected chi connectivity index (χ1v) is 5.52. The summed E-state index contributed by atoms with van der Waals surface area (Å²) in [6.45, 7) is 4.72. The average Bonchev–Trinajstić information content (AvgIpc) is 2.58. The molecule has 0 amide bonds. The minimum Gasteiger partial charge on any atom is -0.379 e. The number of hydrogen-bond donors (Lipinski definition) is 0. The molecule has 0 aliphatic heterocycles. The second-order valence-electron chi connectivity index (χ2n) is 3.65. The summed E-state index contributed by atoms with van der Waals surface area (Å²) in [5.74, 6) is 0.709. The van der Waals surface area contributed by atoms with Gasteiger partial charge < -0.3 is 9.47 Å². The van der Waals surface area contributed by atoms with Crippen LogP contribution in [0.15, 0.2) is 0 Å². The van der Waals surface area contributed by atoms with Crippen LogP contribution >= 0.6 is 0 Å². The predicted molar refractivity (Wildman–Crippen MR) is 54.3 cm³/mol. The fraction of sp³-hybridized carbons (Fsp3) is 0.909. The van der Waals surface area contributed by atoms with Gasteiger partial charge in [-0.1, -0.05) is 0 Å². The molecule has 1 unspecified atom stereocenters. The Morgan fingerprint density at radius 2 is 2.07 bits per heavy atom. The third-order valence-electron chi connectivity index (χ3n) is 2.62. The van der Waals surface area contributed by atoms with Crippen LogP contribution in [0, 0.1) is 5.92 Å². The summed E-state index contributed by atoms with van der Waals surface area (Å²) in [6.07, 6.45) is 3.81. The van der Waals surface area contributed by atoms with Crippen LogP contribution in [0.1, 0.15) is 32.6 Å². The number of rotatable bonds is 7. The van der Waals surface area contributed by atoms with Crippen LogP contribution in [0.3, 0.4) is 0 Å². The molecule has 0 radical (unpaired) electrons. The third-order valence-corrected chi connectivity index (χ3v) is 2.62. The molecule has 1 rings (SSSR count). The van der Waals surface area contributed by atoms with Crippen molar-refractivity contribution in [3.8, 4) is 0 Å². The van der Waals surface area contributed by atoms with Crippen molar-refractivity contribution in [3.05, 3.63) is 0 Å². The smallest absolute Gasteiger partial charge is 0.136 e. The number of hydrogen-bond acceptors (Lipinski definition) is 3. The van der Waals surface area contributed by atoms with Crippen molar-refractivity contribution in [3.63, 3.8) is 0 Å². The van der Waals surface area contributed by atoms with Crippen LogP contribution < -0.4 is 0 Å². The lowest BCUT2D eigenvalue weighted by Crippen LogP contribution is -2.11. The molecule has 1 aliphatic carbocycles. The summed E-state index contributed by atoms with van der Waals surface area (Å²) in [5.41, 5.74) is 0. The van der Waals surface area contributed by atoms with Gasteiger partial charge in [-0.25, -0.2) is 0 Å². The van der Waals surface area contributed by atoms with Gasteiger partial charge in [0.15, 0.2) is 0 Å². The number of Topliss-reactive ketones (excluding diaryl/α,β-unsaturated/α-hetero) is 1. The maximum absolute atomic E-state index is 11.3. The topological polar surface area (TPSA) is 35.5 Å². The fourth-order valence-electron chi connectivity index (χ4n) is 1.78. The molecule has 0 heterocycles. The molecule has 1 saturated carbocycles. The van der Waals surface area contributed by atoms with Gasteiger partial charge >= 0.3 is 0 Å². The molecule has 14 heavy (non-hydrogen) atoms. The Balaban J connectivity index is 1.90. The Morgan fingerprint density at radius 1 is 1.29 bits per heavy atom.